The number of aromatic nitrogens is 3. The minimum absolute atomic E-state index is 0.431. The Morgan fingerprint density at radius 1 is 1.33 bits per heavy atom. The van der Waals surface area contributed by atoms with Gasteiger partial charge < -0.3 is 0 Å². The first-order chi connectivity index (χ1) is 7.25. The molecule has 76 valence electrons. The van der Waals surface area contributed by atoms with Gasteiger partial charge in [-0.05, 0) is 12.1 Å². The number of aromatic amines is 1. The summed E-state index contributed by atoms with van der Waals surface area (Å²) in [5, 5.41) is 7.42. The molecule has 0 aliphatic heterocycles. The fourth-order valence-electron chi connectivity index (χ4n) is 0.998. The molecule has 0 unspecified atom stereocenters. The zero-order valence-electron chi connectivity index (χ0n) is 7.48. The number of rotatable bonds is 2. The molecule has 0 saturated heterocycles. The van der Waals surface area contributed by atoms with Crippen LogP contribution in [0.25, 0.3) is 0 Å². The number of H-pyrrole nitrogens is 1. The van der Waals surface area contributed by atoms with Crippen molar-refractivity contribution in [3.63, 3.8) is 0 Å². The van der Waals surface area contributed by atoms with Gasteiger partial charge in [0, 0.05) is 16.8 Å². The third-order valence-electron chi connectivity index (χ3n) is 1.69. The van der Waals surface area contributed by atoms with Crippen molar-refractivity contribution in [2.75, 3.05) is 0 Å². The molecule has 6 heteroatoms. The van der Waals surface area contributed by atoms with Gasteiger partial charge in [-0.2, -0.15) is 10.1 Å². The number of aliphatic imine (C=N–C) groups is 1. The number of nitrogens with zero attached hydrogens (tertiary/aromatic N) is 3. The molecule has 1 heterocycles. The van der Waals surface area contributed by atoms with Crippen LogP contribution in [0.15, 0.2) is 29.5 Å². The van der Waals surface area contributed by atoms with Crippen molar-refractivity contribution in [1.82, 2.24) is 15.2 Å². The van der Waals surface area contributed by atoms with Crippen molar-refractivity contribution in [3.8, 4) is 0 Å². The molecular formula is C9H6Cl2N4. The summed E-state index contributed by atoms with van der Waals surface area (Å²) in [6.45, 7) is 0. The second-order valence-electron chi connectivity index (χ2n) is 2.73. The van der Waals surface area contributed by atoms with Crippen molar-refractivity contribution >= 4 is 35.4 Å². The zero-order chi connectivity index (χ0) is 10.7. The average Bonchev–Trinajstić information content (AvgIpc) is 2.69. The predicted molar refractivity (Wildman–Crippen MR) is 60.1 cm³/mol. The Labute approximate surface area is 96.0 Å². The van der Waals surface area contributed by atoms with Crippen molar-refractivity contribution in [2.45, 2.75) is 0 Å². The zero-order valence-corrected chi connectivity index (χ0v) is 9.00. The molecule has 0 radical (unpaired) electrons. The summed E-state index contributed by atoms with van der Waals surface area (Å²) in [7, 11) is 0. The molecule has 0 amide bonds. The number of nitrogens with one attached hydrogen (secondary N) is 1. The van der Waals surface area contributed by atoms with E-state index in [9.17, 15) is 0 Å². The van der Waals surface area contributed by atoms with Gasteiger partial charge >= 0.3 is 0 Å². The van der Waals surface area contributed by atoms with Crippen LogP contribution in [0, 0.1) is 0 Å². The molecule has 0 atom stereocenters. The summed E-state index contributed by atoms with van der Waals surface area (Å²) in [5.74, 6) is 0.431. The third-order valence-corrected chi connectivity index (χ3v) is 2.25. The van der Waals surface area contributed by atoms with Crippen molar-refractivity contribution in [1.29, 1.82) is 0 Å². The first-order valence-corrected chi connectivity index (χ1v) is 4.86. The van der Waals surface area contributed by atoms with E-state index in [2.05, 4.69) is 20.2 Å². The second-order valence-corrected chi connectivity index (χ2v) is 3.58. The SMILES string of the molecule is Clc1ccc(/C=N/c2ncn[nH]2)c(Cl)c1. The molecule has 0 spiro atoms. The van der Waals surface area contributed by atoms with Crippen LogP contribution in [0.1, 0.15) is 5.56 Å². The van der Waals surface area contributed by atoms with E-state index < -0.39 is 0 Å². The van der Waals surface area contributed by atoms with Gasteiger partial charge in [0.2, 0.25) is 5.95 Å². The van der Waals surface area contributed by atoms with Gasteiger partial charge in [-0.1, -0.05) is 29.3 Å². The van der Waals surface area contributed by atoms with E-state index in [1.54, 1.807) is 24.4 Å². The van der Waals surface area contributed by atoms with Crippen LogP contribution in [0.4, 0.5) is 5.95 Å². The van der Waals surface area contributed by atoms with Crippen LogP contribution in [0.5, 0.6) is 0 Å². The van der Waals surface area contributed by atoms with E-state index in [4.69, 9.17) is 23.2 Å². The molecule has 1 aromatic carbocycles. The highest BCUT2D eigenvalue weighted by Crippen LogP contribution is 2.19. The molecule has 2 aromatic rings. The summed E-state index contributed by atoms with van der Waals surface area (Å²) in [4.78, 5) is 7.89. The van der Waals surface area contributed by atoms with E-state index in [0.717, 1.165) is 5.56 Å². The monoisotopic (exact) mass is 240 g/mol. The lowest BCUT2D eigenvalue weighted by molar-refractivity contribution is 1.08. The van der Waals surface area contributed by atoms with E-state index in [1.165, 1.54) is 6.33 Å². The standard InChI is InChI=1S/C9H6Cl2N4/c10-7-2-1-6(8(11)3-7)4-12-9-13-5-14-15-9/h1-5H,(H,13,14,15)/b12-4+. The maximum Gasteiger partial charge on any atom is 0.245 e. The lowest BCUT2D eigenvalue weighted by Gasteiger charge is -1.96. The number of hydrogen-bond acceptors (Lipinski definition) is 3. The van der Waals surface area contributed by atoms with Crippen molar-refractivity contribution in [3.05, 3.63) is 40.1 Å². The molecule has 0 saturated carbocycles. The topological polar surface area (TPSA) is 53.9 Å². The first kappa shape index (κ1) is 10.1. The van der Waals surface area contributed by atoms with E-state index in [0.29, 0.717) is 16.0 Å². The fourth-order valence-corrected chi connectivity index (χ4v) is 1.46. The van der Waals surface area contributed by atoms with Gasteiger partial charge in [0.05, 0.1) is 5.02 Å². The highest BCUT2D eigenvalue weighted by Gasteiger charge is 1.98. The van der Waals surface area contributed by atoms with Gasteiger partial charge in [-0.3, -0.25) is 0 Å². The number of hydrogen-bond donors (Lipinski definition) is 1. The van der Waals surface area contributed by atoms with Crippen LogP contribution in [-0.4, -0.2) is 21.4 Å². The summed E-state index contributed by atoms with van der Waals surface area (Å²) in [5.41, 5.74) is 0.775. The number of halogens is 2. The molecule has 2 rings (SSSR count). The van der Waals surface area contributed by atoms with E-state index in [1.807, 2.05) is 0 Å². The maximum absolute atomic E-state index is 5.95. The van der Waals surface area contributed by atoms with Gasteiger partial charge in [0.25, 0.3) is 0 Å². The van der Waals surface area contributed by atoms with Gasteiger partial charge in [-0.25, -0.2) is 10.1 Å². The summed E-state index contributed by atoms with van der Waals surface area (Å²) >= 11 is 11.7. The lowest BCUT2D eigenvalue weighted by Crippen LogP contribution is -1.82. The van der Waals surface area contributed by atoms with Crippen LogP contribution in [0.2, 0.25) is 10.0 Å². The molecule has 0 aliphatic rings. The predicted octanol–water partition coefficient (Wildman–Crippen LogP) is 2.86. The summed E-state index contributed by atoms with van der Waals surface area (Å²) in [6.07, 6.45) is 2.98. The Balaban J connectivity index is 2.24. The molecule has 4 nitrogen and oxygen atoms in total. The highest BCUT2D eigenvalue weighted by molar-refractivity contribution is 6.36. The first-order valence-electron chi connectivity index (χ1n) is 4.10. The average molecular weight is 241 g/mol. The van der Waals surface area contributed by atoms with Gasteiger partial charge in [0.15, 0.2) is 0 Å². The fraction of sp³-hybridized carbons (Fsp3) is 0. The molecule has 0 fully saturated rings. The maximum atomic E-state index is 5.95. The number of benzene rings is 1. The van der Waals surface area contributed by atoms with Crippen LogP contribution < -0.4 is 0 Å². The van der Waals surface area contributed by atoms with Crippen LogP contribution in [0.3, 0.4) is 0 Å². The van der Waals surface area contributed by atoms with Crippen LogP contribution in [-0.2, 0) is 0 Å². The summed E-state index contributed by atoms with van der Waals surface area (Å²) in [6, 6.07) is 5.19. The molecule has 1 aromatic heterocycles. The Morgan fingerprint density at radius 3 is 2.87 bits per heavy atom. The largest absolute Gasteiger partial charge is 0.245 e. The minimum Gasteiger partial charge on any atom is -0.244 e. The van der Waals surface area contributed by atoms with Crippen LogP contribution >= 0.6 is 23.2 Å². The Bertz CT molecular complexity index is 479. The molecular weight excluding hydrogens is 235 g/mol. The third kappa shape index (κ3) is 2.55. The quantitative estimate of drug-likeness (QED) is 0.822. The lowest BCUT2D eigenvalue weighted by atomic mass is 10.2. The molecule has 15 heavy (non-hydrogen) atoms. The van der Waals surface area contributed by atoms with E-state index >= 15 is 0 Å². The highest BCUT2D eigenvalue weighted by atomic mass is 35.5. The van der Waals surface area contributed by atoms with Crippen molar-refractivity contribution in [2.24, 2.45) is 4.99 Å². The Kier molecular flexibility index (Phi) is 2.99. The summed E-state index contributed by atoms with van der Waals surface area (Å²) < 4.78 is 0. The second kappa shape index (κ2) is 4.42. The smallest absolute Gasteiger partial charge is 0.244 e. The van der Waals surface area contributed by atoms with Crippen molar-refractivity contribution < 1.29 is 0 Å². The Morgan fingerprint density at radius 2 is 2.20 bits per heavy atom. The molecule has 1 N–H and O–H groups in total. The Hall–Kier alpha value is -1.39. The molecule has 0 aliphatic carbocycles. The van der Waals surface area contributed by atoms with Gasteiger partial charge in [0.1, 0.15) is 6.33 Å². The minimum atomic E-state index is 0.431. The van der Waals surface area contributed by atoms with E-state index in [-0.39, 0.29) is 0 Å². The normalized spacial score (nSPS) is 11.1. The van der Waals surface area contributed by atoms with Gasteiger partial charge in [-0.15, -0.1) is 0 Å². The molecule has 0 bridgehead atoms.